The van der Waals surface area contributed by atoms with Gasteiger partial charge in [-0.1, -0.05) is 27.5 Å². The van der Waals surface area contributed by atoms with E-state index in [1.54, 1.807) is 13.0 Å². The Bertz CT molecular complexity index is 255. The molecule has 1 unspecified atom stereocenters. The summed E-state index contributed by atoms with van der Waals surface area (Å²) in [4.78, 5) is -0.318. The van der Waals surface area contributed by atoms with Gasteiger partial charge in [0, 0.05) is 4.88 Å². The Morgan fingerprint density at radius 3 is 2.50 bits per heavy atom. The number of rotatable bonds is 2. The van der Waals surface area contributed by atoms with E-state index in [-0.39, 0.29) is 0 Å². The predicted molar refractivity (Wildman–Crippen MR) is 51.7 cm³/mol. The number of aryl methyl sites for hydroxylation is 1. The van der Waals surface area contributed by atoms with Gasteiger partial charge in [0.15, 0.2) is 0 Å². The predicted octanol–water partition coefficient (Wildman–Crippen LogP) is 4.41. The molecule has 0 nitrogen and oxygen atoms in total. The van der Waals surface area contributed by atoms with E-state index in [0.29, 0.717) is 9.21 Å². The summed E-state index contributed by atoms with van der Waals surface area (Å²) in [6.45, 7) is 1.80. The van der Waals surface area contributed by atoms with Crippen molar-refractivity contribution in [3.05, 3.63) is 20.8 Å². The van der Waals surface area contributed by atoms with Crippen molar-refractivity contribution < 1.29 is 8.78 Å². The molecule has 0 aromatic carbocycles. The third kappa shape index (κ3) is 2.18. The number of thiophene rings is 1. The van der Waals surface area contributed by atoms with Crippen LogP contribution in [0.2, 0.25) is 4.34 Å². The van der Waals surface area contributed by atoms with E-state index in [1.807, 2.05) is 0 Å². The molecule has 1 aromatic heterocycles. The van der Waals surface area contributed by atoms with Gasteiger partial charge in [-0.2, -0.15) is 0 Å². The van der Waals surface area contributed by atoms with Gasteiger partial charge in [0.1, 0.15) is 4.83 Å². The van der Waals surface area contributed by atoms with Crippen molar-refractivity contribution in [2.24, 2.45) is 0 Å². The molecule has 0 aliphatic heterocycles. The summed E-state index contributed by atoms with van der Waals surface area (Å²) in [6, 6.07) is 1.68. The monoisotopic (exact) mass is 274 g/mol. The van der Waals surface area contributed by atoms with Crippen molar-refractivity contribution in [3.63, 3.8) is 0 Å². The van der Waals surface area contributed by atoms with Gasteiger partial charge in [-0.05, 0) is 18.6 Å². The van der Waals surface area contributed by atoms with Gasteiger partial charge >= 0.3 is 0 Å². The summed E-state index contributed by atoms with van der Waals surface area (Å²) < 4.78 is 24.9. The second kappa shape index (κ2) is 4.03. The lowest BCUT2D eigenvalue weighted by Gasteiger charge is -2.03. The Hall–Kier alpha value is 0.330. The van der Waals surface area contributed by atoms with Crippen LogP contribution in [0.15, 0.2) is 6.07 Å². The highest BCUT2D eigenvalue weighted by Crippen LogP contribution is 2.38. The van der Waals surface area contributed by atoms with Crippen molar-refractivity contribution in [1.29, 1.82) is 0 Å². The van der Waals surface area contributed by atoms with E-state index in [4.69, 9.17) is 11.6 Å². The zero-order valence-corrected chi connectivity index (χ0v) is 9.31. The van der Waals surface area contributed by atoms with Gasteiger partial charge in [-0.15, -0.1) is 11.3 Å². The number of hydrogen-bond donors (Lipinski definition) is 0. The van der Waals surface area contributed by atoms with Crippen LogP contribution in [-0.2, 0) is 0 Å². The molecule has 5 heteroatoms. The number of hydrogen-bond acceptors (Lipinski definition) is 1. The van der Waals surface area contributed by atoms with Crippen LogP contribution < -0.4 is 0 Å². The molecule has 0 aliphatic rings. The Balaban J connectivity index is 2.89. The lowest BCUT2D eigenvalue weighted by atomic mass is 10.3. The first-order valence-corrected chi connectivity index (χ1v) is 5.31. The topological polar surface area (TPSA) is 0 Å². The fourth-order valence-corrected chi connectivity index (χ4v) is 2.36. The molecular formula is C7H6BrClF2S. The molecule has 0 N–H and O–H groups in total. The Kier molecular flexibility index (Phi) is 3.49. The molecule has 1 heterocycles. The van der Waals surface area contributed by atoms with E-state index in [9.17, 15) is 8.78 Å². The van der Waals surface area contributed by atoms with Crippen LogP contribution in [0.1, 0.15) is 15.3 Å². The van der Waals surface area contributed by atoms with Crippen LogP contribution in [0.3, 0.4) is 0 Å². The molecule has 0 radical (unpaired) electrons. The molecule has 0 saturated carbocycles. The van der Waals surface area contributed by atoms with Crippen LogP contribution in [-0.4, -0.2) is 6.43 Å². The lowest BCUT2D eigenvalue weighted by Crippen LogP contribution is -1.98. The summed E-state index contributed by atoms with van der Waals surface area (Å²) >= 11 is 9.82. The van der Waals surface area contributed by atoms with Crippen LogP contribution in [0.4, 0.5) is 8.78 Å². The minimum absolute atomic E-state index is 0.576. The average Bonchev–Trinajstić information content (AvgIpc) is 2.30. The highest BCUT2D eigenvalue weighted by Gasteiger charge is 2.21. The SMILES string of the molecule is Cc1cc(C(Br)C(F)F)sc1Cl. The third-order valence-corrected chi connectivity index (χ3v) is 4.20. The van der Waals surface area contributed by atoms with E-state index >= 15 is 0 Å². The normalized spacial score (nSPS) is 13.8. The number of halogens is 4. The van der Waals surface area contributed by atoms with Gasteiger partial charge in [-0.25, -0.2) is 8.78 Å². The zero-order valence-electron chi connectivity index (χ0n) is 6.15. The number of alkyl halides is 3. The molecule has 12 heavy (non-hydrogen) atoms. The smallest absolute Gasteiger partial charge is 0.209 e. The van der Waals surface area contributed by atoms with E-state index in [0.717, 1.165) is 5.56 Å². The third-order valence-electron chi connectivity index (χ3n) is 1.37. The maximum atomic E-state index is 12.2. The first-order chi connectivity index (χ1) is 5.52. The molecular weight excluding hydrogens is 269 g/mol. The minimum atomic E-state index is -2.39. The van der Waals surface area contributed by atoms with Gasteiger partial charge in [0.2, 0.25) is 0 Å². The first kappa shape index (κ1) is 10.4. The van der Waals surface area contributed by atoms with Gasteiger partial charge in [0.25, 0.3) is 6.43 Å². The molecule has 1 rings (SSSR count). The summed E-state index contributed by atoms with van der Waals surface area (Å²) in [5.74, 6) is 0. The highest BCUT2D eigenvalue weighted by molar-refractivity contribution is 9.09. The Morgan fingerprint density at radius 1 is 1.58 bits per heavy atom. The molecule has 1 aromatic rings. The quantitative estimate of drug-likeness (QED) is 0.701. The molecule has 0 bridgehead atoms. The second-order valence-corrected chi connectivity index (χ2v) is 5.01. The fraction of sp³-hybridized carbons (Fsp3) is 0.429. The highest BCUT2D eigenvalue weighted by atomic mass is 79.9. The van der Waals surface area contributed by atoms with Crippen molar-refractivity contribution in [3.8, 4) is 0 Å². The van der Waals surface area contributed by atoms with Crippen LogP contribution in [0.25, 0.3) is 0 Å². The summed E-state index contributed by atoms with van der Waals surface area (Å²) in [7, 11) is 0. The molecule has 0 spiro atoms. The molecule has 0 fully saturated rings. The van der Waals surface area contributed by atoms with Gasteiger partial charge in [0.05, 0.1) is 4.34 Å². The maximum Gasteiger partial charge on any atom is 0.255 e. The fourth-order valence-electron chi connectivity index (χ4n) is 0.744. The minimum Gasteiger partial charge on any atom is -0.209 e. The van der Waals surface area contributed by atoms with Crippen molar-refractivity contribution in [1.82, 2.24) is 0 Å². The molecule has 0 saturated heterocycles. The average molecular weight is 276 g/mol. The van der Waals surface area contributed by atoms with Gasteiger partial charge in [-0.3, -0.25) is 0 Å². The maximum absolute atomic E-state index is 12.2. The summed E-state index contributed by atoms with van der Waals surface area (Å²) in [5, 5.41) is 0. The molecule has 0 aliphatic carbocycles. The van der Waals surface area contributed by atoms with E-state index < -0.39 is 11.3 Å². The van der Waals surface area contributed by atoms with Crippen LogP contribution >= 0.6 is 38.9 Å². The molecule has 0 amide bonds. The van der Waals surface area contributed by atoms with Crippen LogP contribution in [0, 0.1) is 6.92 Å². The Labute approximate surface area is 86.7 Å². The second-order valence-electron chi connectivity index (χ2n) is 2.34. The molecule has 1 atom stereocenters. The van der Waals surface area contributed by atoms with E-state index in [2.05, 4.69) is 15.9 Å². The van der Waals surface area contributed by atoms with E-state index in [1.165, 1.54) is 11.3 Å². The Morgan fingerprint density at radius 2 is 2.17 bits per heavy atom. The first-order valence-electron chi connectivity index (χ1n) is 3.20. The summed E-state index contributed by atoms with van der Waals surface area (Å²) in [5.41, 5.74) is 0.849. The van der Waals surface area contributed by atoms with Crippen molar-refractivity contribution in [2.45, 2.75) is 18.2 Å². The molecule has 68 valence electrons. The summed E-state index contributed by atoms with van der Waals surface area (Å²) in [6.07, 6.45) is -2.39. The van der Waals surface area contributed by atoms with Crippen molar-refractivity contribution in [2.75, 3.05) is 0 Å². The van der Waals surface area contributed by atoms with Gasteiger partial charge < -0.3 is 0 Å². The lowest BCUT2D eigenvalue weighted by molar-refractivity contribution is 0.148. The van der Waals surface area contributed by atoms with Crippen molar-refractivity contribution >= 4 is 38.9 Å². The zero-order chi connectivity index (χ0) is 9.30. The standard InChI is InChI=1S/C7H6BrClF2S/c1-3-2-4(12-6(3)9)5(8)7(10)11/h2,5,7H,1H3. The largest absolute Gasteiger partial charge is 0.255 e. The van der Waals surface area contributed by atoms with Crippen LogP contribution in [0.5, 0.6) is 0 Å².